The summed E-state index contributed by atoms with van der Waals surface area (Å²) in [6.07, 6.45) is 6.90. The molecule has 0 spiro atoms. The van der Waals surface area contributed by atoms with Crippen LogP contribution >= 0.6 is 11.6 Å². The minimum absolute atomic E-state index is 0.768. The van der Waals surface area contributed by atoms with Crippen LogP contribution in [0.5, 0.6) is 0 Å². The lowest BCUT2D eigenvalue weighted by Crippen LogP contribution is -2.42. The van der Waals surface area contributed by atoms with Crippen LogP contribution in [-0.2, 0) is 6.54 Å². The molecule has 19 heavy (non-hydrogen) atoms. The van der Waals surface area contributed by atoms with Gasteiger partial charge in [-0.15, -0.1) is 0 Å². The van der Waals surface area contributed by atoms with Crippen molar-refractivity contribution in [3.05, 3.63) is 22.8 Å². The van der Waals surface area contributed by atoms with E-state index in [-0.39, 0.29) is 0 Å². The molecule has 1 aromatic heterocycles. The van der Waals surface area contributed by atoms with Gasteiger partial charge in [0.25, 0.3) is 0 Å². The van der Waals surface area contributed by atoms with Gasteiger partial charge in [0.2, 0.25) is 0 Å². The van der Waals surface area contributed by atoms with Gasteiger partial charge in [0.15, 0.2) is 0 Å². The van der Waals surface area contributed by atoms with E-state index < -0.39 is 0 Å². The number of hydrogen-bond acceptors (Lipinski definition) is 3. The maximum absolute atomic E-state index is 6.30. The maximum atomic E-state index is 6.30. The summed E-state index contributed by atoms with van der Waals surface area (Å²) < 4.78 is 0. The second-order valence-corrected chi connectivity index (χ2v) is 6.15. The van der Waals surface area contributed by atoms with Crippen LogP contribution in [0, 0.1) is 5.92 Å². The summed E-state index contributed by atoms with van der Waals surface area (Å²) in [5.74, 6) is 1.82. The fraction of sp³-hybridized carbons (Fsp3) is 0.667. The van der Waals surface area contributed by atoms with Gasteiger partial charge in [0.05, 0.1) is 10.7 Å². The average molecular weight is 280 g/mol. The van der Waals surface area contributed by atoms with E-state index in [0.717, 1.165) is 35.0 Å². The highest BCUT2D eigenvalue weighted by Gasteiger charge is 2.35. The first-order valence-electron chi connectivity index (χ1n) is 7.35. The Balaban J connectivity index is 1.76. The number of fused-ring (bicyclic) bond motifs is 1. The molecule has 3 nitrogen and oxygen atoms in total. The molecule has 2 aliphatic rings. The molecule has 4 heteroatoms. The lowest BCUT2D eigenvalue weighted by Gasteiger charge is -2.37. The topological polar surface area (TPSA) is 28.2 Å². The predicted molar refractivity (Wildman–Crippen MR) is 79.6 cm³/mol. The molecule has 2 heterocycles. The van der Waals surface area contributed by atoms with Crippen LogP contribution in [0.25, 0.3) is 0 Å². The predicted octanol–water partition coefficient (Wildman–Crippen LogP) is 3.54. The van der Waals surface area contributed by atoms with E-state index in [4.69, 9.17) is 11.6 Å². The molecule has 2 atom stereocenters. The van der Waals surface area contributed by atoms with Crippen LogP contribution in [-0.4, -0.2) is 29.5 Å². The van der Waals surface area contributed by atoms with Gasteiger partial charge in [-0.3, -0.25) is 4.90 Å². The lowest BCUT2D eigenvalue weighted by molar-refractivity contribution is 0.104. The molecule has 2 unspecified atom stereocenters. The van der Waals surface area contributed by atoms with Crippen molar-refractivity contribution < 1.29 is 0 Å². The molecule has 0 aromatic carbocycles. The van der Waals surface area contributed by atoms with Crippen molar-refractivity contribution in [1.82, 2.24) is 9.88 Å². The van der Waals surface area contributed by atoms with E-state index in [1.807, 2.05) is 19.2 Å². The van der Waals surface area contributed by atoms with Gasteiger partial charge in [-0.25, -0.2) is 4.98 Å². The van der Waals surface area contributed by atoms with Gasteiger partial charge in [-0.1, -0.05) is 18.0 Å². The Labute approximate surface area is 120 Å². The largest absolute Gasteiger partial charge is 0.373 e. The normalized spacial score (nSPS) is 27.3. The van der Waals surface area contributed by atoms with Crippen molar-refractivity contribution >= 4 is 17.4 Å². The highest BCUT2D eigenvalue weighted by Crippen LogP contribution is 2.37. The van der Waals surface area contributed by atoms with E-state index in [1.54, 1.807) is 0 Å². The van der Waals surface area contributed by atoms with E-state index >= 15 is 0 Å². The Kier molecular flexibility index (Phi) is 3.94. The molecule has 0 amide bonds. The first kappa shape index (κ1) is 13.2. The number of pyridine rings is 1. The van der Waals surface area contributed by atoms with Crippen molar-refractivity contribution in [2.45, 2.75) is 44.7 Å². The van der Waals surface area contributed by atoms with Crippen LogP contribution in [0.2, 0.25) is 5.02 Å². The summed E-state index contributed by atoms with van der Waals surface area (Å²) in [5, 5.41) is 3.88. The Morgan fingerprint density at radius 1 is 1.32 bits per heavy atom. The van der Waals surface area contributed by atoms with E-state index in [1.165, 1.54) is 38.6 Å². The van der Waals surface area contributed by atoms with E-state index in [0.29, 0.717) is 0 Å². The third-order valence-electron chi connectivity index (χ3n) is 4.64. The van der Waals surface area contributed by atoms with Crippen LogP contribution in [0.15, 0.2) is 12.1 Å². The fourth-order valence-corrected chi connectivity index (χ4v) is 3.85. The number of halogens is 1. The smallest absolute Gasteiger partial charge is 0.126 e. The zero-order valence-electron chi connectivity index (χ0n) is 11.5. The third kappa shape index (κ3) is 2.72. The number of nitrogens with one attached hydrogen (secondary N) is 1. The molecule has 1 aliphatic carbocycles. The van der Waals surface area contributed by atoms with Gasteiger partial charge >= 0.3 is 0 Å². The second-order valence-electron chi connectivity index (χ2n) is 5.75. The quantitative estimate of drug-likeness (QED) is 0.917. The Bertz CT molecular complexity index is 449. The summed E-state index contributed by atoms with van der Waals surface area (Å²) in [5.41, 5.74) is 1.01. The zero-order valence-corrected chi connectivity index (χ0v) is 12.3. The molecular weight excluding hydrogens is 258 g/mol. The molecule has 1 aliphatic heterocycles. The number of piperidine rings is 1. The third-order valence-corrected chi connectivity index (χ3v) is 4.98. The average Bonchev–Trinajstić information content (AvgIpc) is 2.90. The molecule has 3 rings (SSSR count). The van der Waals surface area contributed by atoms with Crippen LogP contribution < -0.4 is 5.32 Å². The first-order valence-corrected chi connectivity index (χ1v) is 7.73. The molecule has 104 valence electrons. The Hall–Kier alpha value is -0.800. The standard InChI is InChI=1S/C15H22ClN3/c1-17-15-8-7-12(16)13(18-15)10-19-9-3-5-11-4-2-6-14(11)19/h7-8,11,14H,2-6,9-10H2,1H3,(H,17,18). The summed E-state index contributed by atoms with van der Waals surface area (Å²) in [6.45, 7) is 2.10. The van der Waals surface area contributed by atoms with Gasteiger partial charge in [0, 0.05) is 19.6 Å². The number of nitrogens with zero attached hydrogens (tertiary/aromatic N) is 2. The molecule has 1 saturated carbocycles. The molecule has 0 radical (unpaired) electrons. The first-order chi connectivity index (χ1) is 9.28. The minimum Gasteiger partial charge on any atom is -0.373 e. The Morgan fingerprint density at radius 3 is 3.00 bits per heavy atom. The minimum atomic E-state index is 0.768. The molecule has 1 N–H and O–H groups in total. The van der Waals surface area contributed by atoms with Gasteiger partial charge < -0.3 is 5.32 Å². The fourth-order valence-electron chi connectivity index (χ4n) is 3.68. The van der Waals surface area contributed by atoms with Gasteiger partial charge in [-0.2, -0.15) is 0 Å². The highest BCUT2D eigenvalue weighted by molar-refractivity contribution is 6.31. The SMILES string of the molecule is CNc1ccc(Cl)c(CN2CCCC3CCCC32)n1. The van der Waals surface area contributed by atoms with Crippen molar-refractivity contribution in [3.8, 4) is 0 Å². The number of likely N-dealkylation sites (tertiary alicyclic amines) is 1. The second kappa shape index (κ2) is 5.68. The molecule has 0 bridgehead atoms. The van der Waals surface area contributed by atoms with Crippen molar-refractivity contribution in [1.29, 1.82) is 0 Å². The highest BCUT2D eigenvalue weighted by atomic mass is 35.5. The van der Waals surface area contributed by atoms with E-state index in [9.17, 15) is 0 Å². The van der Waals surface area contributed by atoms with Crippen molar-refractivity contribution in [2.75, 3.05) is 18.9 Å². The molecule has 1 saturated heterocycles. The summed E-state index contributed by atoms with van der Waals surface area (Å²) >= 11 is 6.30. The number of rotatable bonds is 3. The maximum Gasteiger partial charge on any atom is 0.126 e. The van der Waals surface area contributed by atoms with Crippen molar-refractivity contribution in [2.24, 2.45) is 5.92 Å². The lowest BCUT2D eigenvalue weighted by atomic mass is 9.92. The van der Waals surface area contributed by atoms with Gasteiger partial charge in [0.1, 0.15) is 5.82 Å². The van der Waals surface area contributed by atoms with Crippen LogP contribution in [0.1, 0.15) is 37.8 Å². The van der Waals surface area contributed by atoms with Gasteiger partial charge in [-0.05, 0) is 50.3 Å². The summed E-state index contributed by atoms with van der Waals surface area (Å²) in [7, 11) is 1.90. The molecular formula is C15H22ClN3. The number of anilines is 1. The van der Waals surface area contributed by atoms with Crippen molar-refractivity contribution in [3.63, 3.8) is 0 Å². The zero-order chi connectivity index (χ0) is 13.2. The Morgan fingerprint density at radius 2 is 2.16 bits per heavy atom. The monoisotopic (exact) mass is 279 g/mol. The summed E-state index contributed by atoms with van der Waals surface area (Å²) in [6, 6.07) is 4.65. The number of aromatic nitrogens is 1. The number of hydrogen-bond donors (Lipinski definition) is 1. The van der Waals surface area contributed by atoms with Crippen LogP contribution in [0.3, 0.4) is 0 Å². The van der Waals surface area contributed by atoms with E-state index in [2.05, 4.69) is 15.2 Å². The molecule has 1 aromatic rings. The summed E-state index contributed by atoms with van der Waals surface area (Å²) in [4.78, 5) is 7.22. The molecule has 2 fully saturated rings. The van der Waals surface area contributed by atoms with Crippen LogP contribution in [0.4, 0.5) is 5.82 Å².